The van der Waals surface area contributed by atoms with Crippen LogP contribution in [0.2, 0.25) is 0 Å². The highest BCUT2D eigenvalue weighted by atomic mass is 32.2. The third-order valence-corrected chi connectivity index (χ3v) is 6.79. The molecule has 0 bridgehead atoms. The van der Waals surface area contributed by atoms with Crippen molar-refractivity contribution >= 4 is 44.3 Å². The van der Waals surface area contributed by atoms with Crippen molar-refractivity contribution in [2.75, 3.05) is 15.4 Å². The van der Waals surface area contributed by atoms with Crippen molar-refractivity contribution in [3.63, 3.8) is 0 Å². The number of anilines is 4. The smallest absolute Gasteiger partial charge is 0.307 e. The predicted octanol–water partition coefficient (Wildman–Crippen LogP) is 3.02. The number of H-pyrrole nitrogens is 2. The van der Waals surface area contributed by atoms with Crippen LogP contribution in [0.1, 0.15) is 39.5 Å². The number of sulfonamides is 1. The van der Waals surface area contributed by atoms with Gasteiger partial charge in [-0.3, -0.25) is 9.71 Å². The molecule has 0 atom stereocenters. The second kappa shape index (κ2) is 7.86. The van der Waals surface area contributed by atoms with E-state index in [0.29, 0.717) is 29.0 Å². The van der Waals surface area contributed by atoms with Crippen LogP contribution >= 0.6 is 0 Å². The topological polar surface area (TPSA) is 126 Å². The molecule has 0 aliphatic heterocycles. The average Bonchev–Trinajstić information content (AvgIpc) is 3.33. The fraction of sp³-hybridized carbons (Fsp3) is 0.421. The maximum absolute atomic E-state index is 12.1. The van der Waals surface area contributed by atoms with Crippen LogP contribution in [0.5, 0.6) is 0 Å². The highest BCUT2D eigenvalue weighted by molar-refractivity contribution is 7.93. The van der Waals surface area contributed by atoms with E-state index in [1.54, 1.807) is 38.4 Å². The summed E-state index contributed by atoms with van der Waals surface area (Å²) in [5, 5.41) is 6.18. The van der Waals surface area contributed by atoms with Crippen LogP contribution in [0.15, 0.2) is 30.6 Å². The number of hydrogen-bond acceptors (Lipinski definition) is 6. The van der Waals surface area contributed by atoms with E-state index in [-0.39, 0.29) is 0 Å². The van der Waals surface area contributed by atoms with Gasteiger partial charge in [-0.05, 0) is 44.9 Å². The molecule has 0 saturated heterocycles. The minimum absolute atomic E-state index is 0.415. The van der Waals surface area contributed by atoms with E-state index >= 15 is 0 Å². The molecule has 0 radical (unpaired) electrons. The summed E-state index contributed by atoms with van der Waals surface area (Å²) in [6.07, 6.45) is 6.46. The molecule has 29 heavy (non-hydrogen) atoms. The Morgan fingerprint density at radius 3 is 2.69 bits per heavy atom. The molecule has 2 aromatic heterocycles. The van der Waals surface area contributed by atoms with Crippen LogP contribution in [0.25, 0.3) is 11.2 Å². The fourth-order valence-corrected chi connectivity index (χ4v) is 4.07. The third-order valence-electron chi connectivity index (χ3n) is 5.03. The second-order valence-electron chi connectivity index (χ2n) is 7.58. The number of fused-ring (bicyclic) bond motifs is 1. The first-order valence-electron chi connectivity index (χ1n) is 9.83. The van der Waals surface area contributed by atoms with Crippen LogP contribution in [0.3, 0.4) is 0 Å². The van der Waals surface area contributed by atoms with Crippen molar-refractivity contribution in [2.24, 2.45) is 0 Å². The Balaban J connectivity index is 1.58. The van der Waals surface area contributed by atoms with Gasteiger partial charge in [0.2, 0.25) is 15.5 Å². The molecule has 1 aromatic carbocycles. The summed E-state index contributed by atoms with van der Waals surface area (Å²) >= 11 is 0. The number of hydrogen-bond donors (Lipinski definition) is 4. The Morgan fingerprint density at radius 1 is 1.17 bits per heavy atom. The van der Waals surface area contributed by atoms with Crippen molar-refractivity contribution in [3.05, 3.63) is 30.6 Å². The van der Waals surface area contributed by atoms with Crippen LogP contribution in [0.4, 0.5) is 23.1 Å². The van der Waals surface area contributed by atoms with Crippen molar-refractivity contribution in [1.82, 2.24) is 15.0 Å². The fourth-order valence-electron chi connectivity index (χ4n) is 3.37. The summed E-state index contributed by atoms with van der Waals surface area (Å²) in [6.45, 7) is 3.28. The molecule has 154 valence electrons. The molecule has 3 aromatic rings. The summed E-state index contributed by atoms with van der Waals surface area (Å²) in [7, 11) is -3.41. The monoisotopic (exact) mass is 416 g/mol. The van der Waals surface area contributed by atoms with E-state index in [0.717, 1.165) is 24.2 Å². The molecular formula is C19H26N7O2S+. The van der Waals surface area contributed by atoms with Crippen molar-refractivity contribution < 1.29 is 13.4 Å². The molecule has 1 saturated carbocycles. The molecule has 2 heterocycles. The Hall–Kier alpha value is -2.88. The van der Waals surface area contributed by atoms with Crippen LogP contribution < -0.4 is 20.3 Å². The van der Waals surface area contributed by atoms with E-state index in [1.807, 2.05) is 6.07 Å². The maximum atomic E-state index is 12.1. The summed E-state index contributed by atoms with van der Waals surface area (Å²) < 4.78 is 26.8. The molecule has 4 rings (SSSR count). The molecular weight excluding hydrogens is 390 g/mol. The van der Waals surface area contributed by atoms with E-state index < -0.39 is 15.3 Å². The van der Waals surface area contributed by atoms with Gasteiger partial charge in [-0.15, -0.1) is 0 Å². The SMILES string of the molecule is CC(C)S(=O)(=O)Nc1cccc(Nc2nc(NC3CCCC3)c3[nH]c[nH+]c3n2)c1. The lowest BCUT2D eigenvalue weighted by atomic mass is 10.2. The van der Waals surface area contributed by atoms with Gasteiger partial charge < -0.3 is 10.6 Å². The number of nitrogens with one attached hydrogen (secondary N) is 5. The largest absolute Gasteiger partial charge is 0.364 e. The molecule has 0 amide bonds. The van der Waals surface area contributed by atoms with Gasteiger partial charge in [0.15, 0.2) is 12.1 Å². The van der Waals surface area contributed by atoms with Gasteiger partial charge in [-0.25, -0.2) is 13.4 Å². The van der Waals surface area contributed by atoms with Gasteiger partial charge in [-0.1, -0.05) is 23.9 Å². The number of rotatable bonds is 7. The molecule has 0 unspecified atom stereocenters. The molecule has 1 aliphatic carbocycles. The lowest BCUT2D eigenvalue weighted by Gasteiger charge is -2.13. The summed E-state index contributed by atoms with van der Waals surface area (Å²) in [5.74, 6) is 1.18. The van der Waals surface area contributed by atoms with Gasteiger partial charge in [0.1, 0.15) is 0 Å². The molecule has 0 spiro atoms. The standard InChI is InChI=1S/C19H25N7O2S/c1-12(2)29(27,28)26-15-9-5-8-14(10-15)23-19-24-17-16(20-11-21-17)18(25-19)22-13-6-3-4-7-13/h5,8-13,26H,3-4,6-7H2,1-2H3,(H3,20,21,22,23,24,25)/p+1. The minimum atomic E-state index is -3.41. The minimum Gasteiger partial charge on any atom is -0.364 e. The predicted molar refractivity (Wildman–Crippen MR) is 114 cm³/mol. The summed E-state index contributed by atoms with van der Waals surface area (Å²) in [4.78, 5) is 15.4. The highest BCUT2D eigenvalue weighted by Gasteiger charge is 2.21. The van der Waals surface area contributed by atoms with Crippen molar-refractivity contribution in [1.29, 1.82) is 0 Å². The van der Waals surface area contributed by atoms with E-state index in [2.05, 4.69) is 35.3 Å². The van der Waals surface area contributed by atoms with E-state index in [1.165, 1.54) is 12.8 Å². The van der Waals surface area contributed by atoms with Crippen molar-refractivity contribution in [3.8, 4) is 0 Å². The zero-order chi connectivity index (χ0) is 20.4. The number of benzene rings is 1. The first-order valence-corrected chi connectivity index (χ1v) is 11.4. The zero-order valence-electron chi connectivity index (χ0n) is 16.5. The molecule has 9 nitrogen and oxygen atoms in total. The highest BCUT2D eigenvalue weighted by Crippen LogP contribution is 2.26. The molecule has 1 aliphatic rings. The lowest BCUT2D eigenvalue weighted by molar-refractivity contribution is -0.347. The molecule has 1 fully saturated rings. The normalized spacial score (nSPS) is 15.1. The van der Waals surface area contributed by atoms with E-state index in [9.17, 15) is 8.42 Å². The third kappa shape index (κ3) is 4.42. The van der Waals surface area contributed by atoms with Crippen molar-refractivity contribution in [2.45, 2.75) is 50.8 Å². The van der Waals surface area contributed by atoms with Gasteiger partial charge in [0.05, 0.1) is 10.9 Å². The number of nitrogens with zero attached hydrogens (tertiary/aromatic N) is 2. The first-order chi connectivity index (χ1) is 13.9. The Bertz CT molecular complexity index is 1100. The second-order valence-corrected chi connectivity index (χ2v) is 9.82. The maximum Gasteiger partial charge on any atom is 0.307 e. The van der Waals surface area contributed by atoms with Gasteiger partial charge >= 0.3 is 11.6 Å². The number of aromatic nitrogens is 4. The summed E-state index contributed by atoms with van der Waals surface area (Å²) in [5.41, 5.74) is 2.71. The van der Waals surface area contributed by atoms with Gasteiger partial charge in [0, 0.05) is 11.7 Å². The average molecular weight is 417 g/mol. The first kappa shape index (κ1) is 19.4. The summed E-state index contributed by atoms with van der Waals surface area (Å²) in [6, 6.07) is 7.46. The van der Waals surface area contributed by atoms with Crippen LogP contribution in [-0.2, 0) is 10.0 Å². The van der Waals surface area contributed by atoms with Crippen LogP contribution in [-0.4, -0.2) is 34.7 Å². The number of imidazole rings is 1. The molecule has 10 heteroatoms. The number of aromatic amines is 2. The lowest BCUT2D eigenvalue weighted by Crippen LogP contribution is -2.22. The Kier molecular flexibility index (Phi) is 5.27. The van der Waals surface area contributed by atoms with Gasteiger partial charge in [0.25, 0.3) is 0 Å². The Labute approximate surface area is 169 Å². The zero-order valence-corrected chi connectivity index (χ0v) is 17.3. The quantitative estimate of drug-likeness (QED) is 0.469. The van der Waals surface area contributed by atoms with Gasteiger partial charge in [-0.2, -0.15) is 4.98 Å². The molecule has 5 N–H and O–H groups in total. The van der Waals surface area contributed by atoms with E-state index in [4.69, 9.17) is 0 Å². The Morgan fingerprint density at radius 2 is 1.93 bits per heavy atom. The van der Waals surface area contributed by atoms with Crippen LogP contribution in [0, 0.1) is 0 Å².